The third-order valence-corrected chi connectivity index (χ3v) is 3.10. The third kappa shape index (κ3) is 3.33. The largest absolute Gasteiger partial charge is 0.328 e. The molecule has 1 aromatic heterocycles. The summed E-state index contributed by atoms with van der Waals surface area (Å²) in [6.45, 7) is 4.71. The molecule has 0 aliphatic rings. The van der Waals surface area contributed by atoms with Crippen LogP contribution in [0.15, 0.2) is 42.6 Å². The number of benzene rings is 1. The average molecular weight is 273 g/mol. The van der Waals surface area contributed by atoms with Gasteiger partial charge in [-0.05, 0) is 50.1 Å². The molecule has 0 bridgehead atoms. The smallest absolute Gasteiger partial charge is 0.136 e. The maximum absolute atomic E-state index is 13.4. The van der Waals surface area contributed by atoms with Crippen molar-refractivity contribution < 1.29 is 4.39 Å². The number of hydrogen-bond acceptors (Lipinski definition) is 3. The van der Waals surface area contributed by atoms with Crippen molar-refractivity contribution >= 4 is 11.5 Å². The zero-order valence-electron chi connectivity index (χ0n) is 11.9. The molecule has 0 radical (unpaired) electrons. The van der Waals surface area contributed by atoms with E-state index in [9.17, 15) is 4.39 Å². The number of nitrogens with zero attached hydrogens (tertiary/aromatic N) is 2. The Morgan fingerprint density at radius 2 is 2.10 bits per heavy atom. The highest BCUT2D eigenvalue weighted by Crippen LogP contribution is 2.27. The zero-order chi connectivity index (χ0) is 14.5. The van der Waals surface area contributed by atoms with Gasteiger partial charge in [-0.15, -0.1) is 0 Å². The molecule has 2 aromatic rings. The van der Waals surface area contributed by atoms with Gasteiger partial charge in [0.05, 0.1) is 0 Å². The minimum atomic E-state index is -0.245. The van der Waals surface area contributed by atoms with Gasteiger partial charge < -0.3 is 10.6 Å². The van der Waals surface area contributed by atoms with E-state index in [0.29, 0.717) is 6.54 Å². The molecule has 0 spiro atoms. The SMILES string of the molecule is CCN(c1cccc(F)c1)c1ncccc1CC(C)N. The van der Waals surface area contributed by atoms with Gasteiger partial charge in [-0.2, -0.15) is 0 Å². The Balaban J connectivity index is 2.41. The van der Waals surface area contributed by atoms with Gasteiger partial charge in [0.25, 0.3) is 0 Å². The van der Waals surface area contributed by atoms with Gasteiger partial charge in [0.1, 0.15) is 11.6 Å². The summed E-state index contributed by atoms with van der Waals surface area (Å²) in [7, 11) is 0. The maximum Gasteiger partial charge on any atom is 0.136 e. The van der Waals surface area contributed by atoms with Crippen molar-refractivity contribution in [3.63, 3.8) is 0 Å². The minimum absolute atomic E-state index is 0.0594. The first kappa shape index (κ1) is 14.5. The minimum Gasteiger partial charge on any atom is -0.328 e. The maximum atomic E-state index is 13.4. The van der Waals surface area contributed by atoms with Crippen LogP contribution in [0.4, 0.5) is 15.9 Å². The van der Waals surface area contributed by atoms with Crippen LogP contribution in [-0.2, 0) is 6.42 Å². The quantitative estimate of drug-likeness (QED) is 0.909. The predicted octanol–water partition coefficient (Wildman–Crippen LogP) is 3.27. The van der Waals surface area contributed by atoms with E-state index in [1.165, 1.54) is 12.1 Å². The Morgan fingerprint density at radius 3 is 2.75 bits per heavy atom. The highest BCUT2D eigenvalue weighted by Gasteiger charge is 2.14. The summed E-state index contributed by atoms with van der Waals surface area (Å²) in [4.78, 5) is 6.46. The molecule has 0 fully saturated rings. The van der Waals surface area contributed by atoms with Crippen LogP contribution >= 0.6 is 0 Å². The summed E-state index contributed by atoms with van der Waals surface area (Å²) in [5.41, 5.74) is 7.77. The van der Waals surface area contributed by atoms with E-state index >= 15 is 0 Å². The second-order valence-electron chi connectivity index (χ2n) is 4.89. The van der Waals surface area contributed by atoms with Crippen LogP contribution < -0.4 is 10.6 Å². The molecule has 20 heavy (non-hydrogen) atoms. The Hall–Kier alpha value is -1.94. The third-order valence-electron chi connectivity index (χ3n) is 3.10. The van der Waals surface area contributed by atoms with E-state index in [2.05, 4.69) is 4.98 Å². The van der Waals surface area contributed by atoms with Crippen LogP contribution in [0.5, 0.6) is 0 Å². The van der Waals surface area contributed by atoms with E-state index in [0.717, 1.165) is 23.5 Å². The molecule has 0 amide bonds. The molecule has 0 aliphatic carbocycles. The van der Waals surface area contributed by atoms with E-state index in [1.807, 2.05) is 36.9 Å². The molecule has 2 N–H and O–H groups in total. The summed E-state index contributed by atoms with van der Waals surface area (Å²) >= 11 is 0. The van der Waals surface area contributed by atoms with Crippen molar-refractivity contribution in [2.24, 2.45) is 5.73 Å². The number of aromatic nitrogens is 1. The number of anilines is 2. The number of hydrogen-bond donors (Lipinski definition) is 1. The molecule has 1 unspecified atom stereocenters. The van der Waals surface area contributed by atoms with E-state index in [-0.39, 0.29) is 11.9 Å². The van der Waals surface area contributed by atoms with E-state index in [1.54, 1.807) is 12.3 Å². The fraction of sp³-hybridized carbons (Fsp3) is 0.312. The lowest BCUT2D eigenvalue weighted by Gasteiger charge is -2.25. The van der Waals surface area contributed by atoms with Gasteiger partial charge in [0.15, 0.2) is 0 Å². The summed E-state index contributed by atoms with van der Waals surface area (Å²) in [5.74, 6) is 0.600. The van der Waals surface area contributed by atoms with Crippen molar-refractivity contribution in [3.05, 3.63) is 54.0 Å². The van der Waals surface area contributed by atoms with Crippen LogP contribution in [0.3, 0.4) is 0 Å². The highest BCUT2D eigenvalue weighted by atomic mass is 19.1. The second kappa shape index (κ2) is 6.48. The lowest BCUT2D eigenvalue weighted by Crippen LogP contribution is -2.23. The standard InChI is InChI=1S/C16H20FN3/c1-3-20(15-8-4-7-14(17)11-15)16-13(10-12(2)18)6-5-9-19-16/h4-9,11-12H,3,10,18H2,1-2H3. The molecule has 2 rings (SSSR count). The van der Waals surface area contributed by atoms with E-state index in [4.69, 9.17) is 5.73 Å². The van der Waals surface area contributed by atoms with Gasteiger partial charge in [0.2, 0.25) is 0 Å². The first-order chi connectivity index (χ1) is 9.61. The van der Waals surface area contributed by atoms with Crippen molar-refractivity contribution in [2.75, 3.05) is 11.4 Å². The first-order valence-electron chi connectivity index (χ1n) is 6.84. The number of rotatable bonds is 5. The number of pyridine rings is 1. The van der Waals surface area contributed by atoms with Gasteiger partial charge in [-0.25, -0.2) is 9.37 Å². The fourth-order valence-electron chi connectivity index (χ4n) is 2.28. The monoisotopic (exact) mass is 273 g/mol. The van der Waals surface area contributed by atoms with Crippen molar-refractivity contribution in [3.8, 4) is 0 Å². The van der Waals surface area contributed by atoms with E-state index < -0.39 is 0 Å². The molecule has 3 nitrogen and oxygen atoms in total. The van der Waals surface area contributed by atoms with Gasteiger partial charge >= 0.3 is 0 Å². The normalized spacial score (nSPS) is 12.2. The number of nitrogens with two attached hydrogens (primary N) is 1. The van der Waals surface area contributed by atoms with Crippen LogP contribution in [-0.4, -0.2) is 17.6 Å². The lowest BCUT2D eigenvalue weighted by atomic mass is 10.1. The first-order valence-corrected chi connectivity index (χ1v) is 6.84. The van der Waals surface area contributed by atoms with Gasteiger partial charge in [0, 0.05) is 24.5 Å². The summed E-state index contributed by atoms with van der Waals surface area (Å²) in [5, 5.41) is 0. The fourth-order valence-corrected chi connectivity index (χ4v) is 2.28. The predicted molar refractivity (Wildman–Crippen MR) is 80.7 cm³/mol. The topological polar surface area (TPSA) is 42.2 Å². The van der Waals surface area contributed by atoms with Gasteiger partial charge in [-0.3, -0.25) is 0 Å². The molecule has 1 heterocycles. The van der Waals surface area contributed by atoms with Crippen molar-refractivity contribution in [2.45, 2.75) is 26.3 Å². The number of halogens is 1. The van der Waals surface area contributed by atoms with Gasteiger partial charge in [-0.1, -0.05) is 12.1 Å². The Kier molecular flexibility index (Phi) is 4.69. The molecule has 0 saturated carbocycles. The summed E-state index contributed by atoms with van der Waals surface area (Å²) < 4.78 is 13.4. The molecule has 0 aliphatic heterocycles. The van der Waals surface area contributed by atoms with Crippen molar-refractivity contribution in [1.29, 1.82) is 0 Å². The van der Waals surface area contributed by atoms with Crippen LogP contribution in [0.1, 0.15) is 19.4 Å². The lowest BCUT2D eigenvalue weighted by molar-refractivity contribution is 0.627. The second-order valence-corrected chi connectivity index (χ2v) is 4.89. The molecule has 1 atom stereocenters. The molecular formula is C16H20FN3. The van der Waals surface area contributed by atoms with Crippen molar-refractivity contribution in [1.82, 2.24) is 4.98 Å². The molecule has 106 valence electrons. The van der Waals surface area contributed by atoms with Crippen LogP contribution in [0.25, 0.3) is 0 Å². The summed E-state index contributed by atoms with van der Waals surface area (Å²) in [6.07, 6.45) is 2.50. The Labute approximate surface area is 119 Å². The Morgan fingerprint density at radius 1 is 1.30 bits per heavy atom. The Bertz CT molecular complexity index is 569. The highest BCUT2D eigenvalue weighted by molar-refractivity contribution is 5.62. The summed E-state index contributed by atoms with van der Waals surface area (Å²) in [6, 6.07) is 10.5. The molecule has 1 aromatic carbocycles. The van der Waals surface area contributed by atoms with Crippen LogP contribution in [0.2, 0.25) is 0 Å². The zero-order valence-corrected chi connectivity index (χ0v) is 11.9. The molecule has 4 heteroatoms. The average Bonchev–Trinajstić information content (AvgIpc) is 2.41. The van der Waals surface area contributed by atoms with Crippen LogP contribution in [0, 0.1) is 5.82 Å². The molecule has 0 saturated heterocycles. The molecular weight excluding hydrogens is 253 g/mol.